The van der Waals surface area contributed by atoms with Crippen LogP contribution in [0.1, 0.15) is 40.4 Å². The van der Waals surface area contributed by atoms with Crippen molar-refractivity contribution in [2.75, 3.05) is 5.32 Å². The first kappa shape index (κ1) is 20.6. The van der Waals surface area contributed by atoms with Crippen molar-refractivity contribution in [3.05, 3.63) is 58.7 Å². The van der Waals surface area contributed by atoms with Crippen LogP contribution in [0.3, 0.4) is 0 Å². The summed E-state index contributed by atoms with van der Waals surface area (Å²) in [5.41, 5.74) is 0.986. The van der Waals surface area contributed by atoms with Crippen molar-refractivity contribution in [2.24, 2.45) is 0 Å². The number of hydrogen-bond donors (Lipinski definition) is 2. The van der Waals surface area contributed by atoms with Gasteiger partial charge in [0.05, 0.1) is 5.56 Å². The third-order valence-electron chi connectivity index (χ3n) is 4.94. The lowest BCUT2D eigenvalue weighted by atomic mass is 10.0. The lowest BCUT2D eigenvalue weighted by Gasteiger charge is -2.14. The van der Waals surface area contributed by atoms with E-state index in [1.54, 1.807) is 12.1 Å². The predicted molar refractivity (Wildman–Crippen MR) is 108 cm³/mol. The fourth-order valence-electron chi connectivity index (χ4n) is 3.45. The van der Waals surface area contributed by atoms with Crippen molar-refractivity contribution in [3.8, 4) is 11.6 Å². The Morgan fingerprint density at radius 2 is 2.00 bits per heavy atom. The smallest absolute Gasteiger partial charge is 0.416 e. The van der Waals surface area contributed by atoms with Gasteiger partial charge in [-0.25, -0.2) is 0 Å². The van der Waals surface area contributed by atoms with E-state index in [0.717, 1.165) is 17.0 Å². The molecule has 0 saturated heterocycles. The van der Waals surface area contributed by atoms with Gasteiger partial charge in [-0.3, -0.25) is 4.79 Å². The molecule has 4 aromatic rings. The Morgan fingerprint density at radius 3 is 2.68 bits per heavy atom. The average molecular weight is 429 g/mol. The number of benzene rings is 2. The van der Waals surface area contributed by atoms with Gasteiger partial charge >= 0.3 is 6.18 Å². The van der Waals surface area contributed by atoms with E-state index in [1.807, 2.05) is 13.8 Å². The van der Waals surface area contributed by atoms with E-state index in [2.05, 4.69) is 25.9 Å². The van der Waals surface area contributed by atoms with Crippen molar-refractivity contribution >= 4 is 22.6 Å². The molecule has 31 heavy (non-hydrogen) atoms. The fourth-order valence-corrected chi connectivity index (χ4v) is 3.45. The summed E-state index contributed by atoms with van der Waals surface area (Å²) in [6.07, 6.45) is -3.61. The molecule has 2 heterocycles. The zero-order valence-corrected chi connectivity index (χ0v) is 16.7. The second-order valence-electron chi connectivity index (χ2n) is 7.08. The van der Waals surface area contributed by atoms with Crippen LogP contribution in [-0.2, 0) is 12.6 Å². The normalized spacial score (nSPS) is 11.8. The summed E-state index contributed by atoms with van der Waals surface area (Å²) in [4.78, 5) is 12.7. The van der Waals surface area contributed by atoms with Gasteiger partial charge in [-0.15, -0.1) is 10.2 Å². The predicted octanol–water partition coefficient (Wildman–Crippen LogP) is 5.14. The minimum absolute atomic E-state index is 0.0698. The number of nitrogens with one attached hydrogen (secondary N) is 2. The van der Waals surface area contributed by atoms with Crippen LogP contribution in [0, 0.1) is 6.92 Å². The van der Waals surface area contributed by atoms with Gasteiger partial charge in [-0.05, 0) is 48.4 Å². The standard InChI is InChI=1S/C21H18F3N5O2/c1-3-4-12-5-7-14(10-16(12)21(22,23)24)25-20(30)13-6-8-15-11(2)18(31-17(15)9-13)19-26-28-29-27-19/h5-10H,3-4H2,1-2H3,(H,25,30)(H,26,27,28,29). The molecule has 7 nitrogen and oxygen atoms in total. The number of halogens is 3. The molecule has 0 atom stereocenters. The zero-order valence-electron chi connectivity index (χ0n) is 16.7. The van der Waals surface area contributed by atoms with E-state index in [4.69, 9.17) is 4.42 Å². The van der Waals surface area contributed by atoms with Crippen molar-refractivity contribution in [1.29, 1.82) is 0 Å². The van der Waals surface area contributed by atoms with Crippen molar-refractivity contribution in [3.63, 3.8) is 0 Å². The summed E-state index contributed by atoms with van der Waals surface area (Å²) < 4.78 is 46.0. The maximum absolute atomic E-state index is 13.4. The summed E-state index contributed by atoms with van der Waals surface area (Å²) >= 11 is 0. The molecule has 0 aliphatic rings. The maximum atomic E-state index is 13.4. The number of fused-ring (bicyclic) bond motifs is 1. The van der Waals surface area contributed by atoms with Crippen molar-refractivity contribution in [1.82, 2.24) is 20.6 Å². The van der Waals surface area contributed by atoms with E-state index in [9.17, 15) is 18.0 Å². The molecule has 1 amide bonds. The third kappa shape index (κ3) is 4.00. The van der Waals surface area contributed by atoms with Gasteiger partial charge in [-0.1, -0.05) is 25.5 Å². The van der Waals surface area contributed by atoms with Crippen LogP contribution in [0.25, 0.3) is 22.6 Å². The topological polar surface area (TPSA) is 96.7 Å². The molecule has 2 aromatic heterocycles. The van der Waals surface area contributed by atoms with E-state index in [0.29, 0.717) is 24.2 Å². The van der Waals surface area contributed by atoms with Gasteiger partial charge in [0.2, 0.25) is 5.82 Å². The summed E-state index contributed by atoms with van der Waals surface area (Å²) in [5, 5.41) is 16.9. The van der Waals surface area contributed by atoms with Gasteiger partial charge < -0.3 is 9.73 Å². The van der Waals surface area contributed by atoms with Crippen molar-refractivity contribution < 1.29 is 22.4 Å². The number of carbonyl (C=O) groups excluding carboxylic acids is 1. The highest BCUT2D eigenvalue weighted by atomic mass is 19.4. The highest BCUT2D eigenvalue weighted by molar-refractivity contribution is 6.06. The summed E-state index contributed by atoms with van der Waals surface area (Å²) in [6, 6.07) is 8.65. The number of aromatic nitrogens is 4. The molecule has 2 N–H and O–H groups in total. The van der Waals surface area contributed by atoms with E-state index in [1.165, 1.54) is 18.2 Å². The number of tetrazole rings is 1. The lowest BCUT2D eigenvalue weighted by Crippen LogP contribution is -2.14. The molecule has 4 rings (SSSR count). The van der Waals surface area contributed by atoms with Crippen molar-refractivity contribution in [2.45, 2.75) is 32.9 Å². The lowest BCUT2D eigenvalue weighted by molar-refractivity contribution is -0.138. The highest BCUT2D eigenvalue weighted by Crippen LogP contribution is 2.35. The zero-order chi connectivity index (χ0) is 22.2. The second-order valence-corrected chi connectivity index (χ2v) is 7.08. The number of anilines is 1. The SMILES string of the molecule is CCCc1ccc(NC(=O)c2ccc3c(C)c(-c4nn[nH]n4)oc3c2)cc1C(F)(F)F. The number of hydrogen-bond acceptors (Lipinski definition) is 5. The van der Waals surface area contributed by atoms with Gasteiger partial charge in [0.1, 0.15) is 5.58 Å². The van der Waals surface area contributed by atoms with Gasteiger partial charge in [0.25, 0.3) is 5.91 Å². The van der Waals surface area contributed by atoms with Crippen LogP contribution in [-0.4, -0.2) is 26.5 Å². The monoisotopic (exact) mass is 429 g/mol. The number of alkyl halides is 3. The molecular formula is C21H18F3N5O2. The number of carbonyl (C=O) groups is 1. The number of aromatic amines is 1. The van der Waals surface area contributed by atoms with Crippen LogP contribution >= 0.6 is 0 Å². The molecule has 0 fully saturated rings. The van der Waals surface area contributed by atoms with Crippen LogP contribution in [0.15, 0.2) is 40.8 Å². The van der Waals surface area contributed by atoms with Gasteiger partial charge in [-0.2, -0.15) is 18.4 Å². The molecule has 0 aliphatic carbocycles. The van der Waals surface area contributed by atoms with Crippen LogP contribution in [0.4, 0.5) is 18.9 Å². The maximum Gasteiger partial charge on any atom is 0.416 e. The minimum atomic E-state index is -4.50. The molecule has 0 bridgehead atoms. The number of furan rings is 1. The number of amides is 1. The first-order valence-corrected chi connectivity index (χ1v) is 9.56. The Labute approximate surface area is 174 Å². The average Bonchev–Trinajstić information content (AvgIpc) is 3.36. The molecule has 0 unspecified atom stereocenters. The molecule has 2 aromatic carbocycles. The van der Waals surface area contributed by atoms with Gasteiger partial charge in [0.15, 0.2) is 5.76 Å². The summed E-state index contributed by atoms with van der Waals surface area (Å²) in [7, 11) is 0. The number of nitrogens with zero attached hydrogens (tertiary/aromatic N) is 3. The molecule has 0 aliphatic heterocycles. The summed E-state index contributed by atoms with van der Waals surface area (Å²) in [5.74, 6) is 0.155. The van der Waals surface area contributed by atoms with Crippen LogP contribution < -0.4 is 5.32 Å². The Balaban J connectivity index is 1.63. The largest absolute Gasteiger partial charge is 0.452 e. The summed E-state index contributed by atoms with van der Waals surface area (Å²) in [6.45, 7) is 3.64. The molecule has 0 saturated carbocycles. The molecule has 10 heteroatoms. The minimum Gasteiger partial charge on any atom is -0.452 e. The third-order valence-corrected chi connectivity index (χ3v) is 4.94. The highest BCUT2D eigenvalue weighted by Gasteiger charge is 2.33. The van der Waals surface area contributed by atoms with Crippen LogP contribution in [0.2, 0.25) is 0 Å². The number of H-pyrrole nitrogens is 1. The first-order valence-electron chi connectivity index (χ1n) is 9.56. The fraction of sp³-hybridized carbons (Fsp3) is 0.238. The number of aryl methyl sites for hydroxylation is 2. The van der Waals surface area contributed by atoms with Gasteiger partial charge in [0, 0.05) is 22.2 Å². The van der Waals surface area contributed by atoms with E-state index in [-0.39, 0.29) is 22.6 Å². The Kier molecular flexibility index (Phi) is 5.22. The molecule has 160 valence electrons. The molecular weight excluding hydrogens is 411 g/mol. The Hall–Kier alpha value is -3.69. The van der Waals surface area contributed by atoms with Crippen LogP contribution in [0.5, 0.6) is 0 Å². The first-order chi connectivity index (χ1) is 14.8. The Morgan fingerprint density at radius 1 is 1.19 bits per heavy atom. The number of rotatable bonds is 5. The second kappa shape index (κ2) is 7.86. The van der Waals surface area contributed by atoms with E-state index >= 15 is 0 Å². The Bertz CT molecular complexity index is 1250. The quantitative estimate of drug-likeness (QED) is 0.458. The molecule has 0 radical (unpaired) electrons. The molecule has 0 spiro atoms. The van der Waals surface area contributed by atoms with E-state index < -0.39 is 17.6 Å².